The molecule has 12 heteroatoms. The van der Waals surface area contributed by atoms with E-state index in [1.807, 2.05) is 0 Å². The molecule has 1 heterocycles. The molecule has 3 aromatic carbocycles. The van der Waals surface area contributed by atoms with Gasteiger partial charge in [0.2, 0.25) is 10.0 Å². The number of rotatable bonds is 10. The molecule has 210 valence electrons. The molecule has 3 aromatic rings. The number of nitrogens with zero attached hydrogens (tertiary/aromatic N) is 2. The van der Waals surface area contributed by atoms with Crippen molar-refractivity contribution >= 4 is 45.3 Å². The van der Waals surface area contributed by atoms with Gasteiger partial charge in [0.05, 0.1) is 5.56 Å². The van der Waals surface area contributed by atoms with Crippen molar-refractivity contribution in [3.05, 3.63) is 105 Å². The number of halogens is 1. The predicted molar refractivity (Wildman–Crippen MR) is 155 cm³/mol. The number of carboxylic acid groups (broad SMARTS) is 1. The van der Waals surface area contributed by atoms with E-state index in [0.717, 1.165) is 5.41 Å². The highest BCUT2D eigenvalue weighted by atomic mass is 35.5. The summed E-state index contributed by atoms with van der Waals surface area (Å²) in [7, 11) is -3.94. The monoisotopic (exact) mass is 583 g/mol. The molecule has 1 aliphatic heterocycles. The molecule has 1 unspecified atom stereocenters. The minimum Gasteiger partial charge on any atom is -0.478 e. The van der Waals surface area contributed by atoms with E-state index in [1.54, 1.807) is 65.6 Å². The number of carbonyl (C=O) groups excluding carboxylic acids is 1. The third-order valence-corrected chi connectivity index (χ3v) is 8.30. The van der Waals surface area contributed by atoms with Crippen LogP contribution in [0.1, 0.15) is 38.3 Å². The Labute approximate surface area is 237 Å². The predicted octanol–water partition coefficient (Wildman–Crippen LogP) is 3.37. The fourth-order valence-corrected chi connectivity index (χ4v) is 5.95. The zero-order chi connectivity index (χ0) is 28.9. The normalized spacial score (nSPS) is 15.7. The van der Waals surface area contributed by atoms with Crippen LogP contribution in [0.3, 0.4) is 0 Å². The highest BCUT2D eigenvalue weighted by Crippen LogP contribution is 2.25. The molecule has 1 atom stereocenters. The second kappa shape index (κ2) is 12.6. The van der Waals surface area contributed by atoms with E-state index < -0.39 is 28.3 Å². The van der Waals surface area contributed by atoms with Crippen LogP contribution >= 0.6 is 11.6 Å². The first kappa shape index (κ1) is 29.2. The first-order chi connectivity index (χ1) is 19.0. The lowest BCUT2D eigenvalue weighted by Gasteiger charge is -2.27. The summed E-state index contributed by atoms with van der Waals surface area (Å²) in [5.41, 5.74) is 13.6. The van der Waals surface area contributed by atoms with E-state index in [-0.39, 0.29) is 24.6 Å². The maximum absolute atomic E-state index is 13.6. The Kier molecular flexibility index (Phi) is 9.23. The fraction of sp³-hybridized carbons (Fsp3) is 0.214. The third-order valence-electron chi connectivity index (χ3n) is 6.49. The van der Waals surface area contributed by atoms with Gasteiger partial charge in [-0.25, -0.2) is 13.2 Å². The standard InChI is InChI=1S/C28H30ClN5O5S/c29-23-9-3-19(4-10-23)14-16-40(38,39)34(17-20-1-5-22(6-2-20)27(36)37)25-13-15-33(18-25)26(35)21-7-11-24(12-8-21)32-28(30)31/h1-12,14,16,25,28,32H,13,15,17-18,30-31H2,(H,36,37)/b16-14+. The highest BCUT2D eigenvalue weighted by Gasteiger charge is 2.36. The molecule has 40 heavy (non-hydrogen) atoms. The van der Waals surface area contributed by atoms with Gasteiger partial charge in [0.1, 0.15) is 6.29 Å². The molecule has 0 aromatic heterocycles. The second-order valence-electron chi connectivity index (χ2n) is 9.39. The van der Waals surface area contributed by atoms with Crippen LogP contribution in [0.4, 0.5) is 5.69 Å². The molecular formula is C28H30ClN5O5S. The van der Waals surface area contributed by atoms with Crippen LogP contribution in [0.15, 0.2) is 78.2 Å². The molecule has 0 bridgehead atoms. The van der Waals surface area contributed by atoms with E-state index in [4.69, 9.17) is 23.1 Å². The lowest BCUT2D eigenvalue weighted by Crippen LogP contribution is -2.41. The molecule has 1 fully saturated rings. The Morgan fingerprint density at radius 2 is 1.65 bits per heavy atom. The number of nitrogens with one attached hydrogen (secondary N) is 1. The van der Waals surface area contributed by atoms with Crippen LogP contribution in [-0.4, -0.2) is 60.0 Å². The third kappa shape index (κ3) is 7.46. The summed E-state index contributed by atoms with van der Waals surface area (Å²) in [6.07, 6.45) is 1.20. The Hall–Kier alpha value is -3.74. The average Bonchev–Trinajstić information content (AvgIpc) is 3.41. The molecule has 0 saturated carbocycles. The van der Waals surface area contributed by atoms with Crippen LogP contribution in [0.5, 0.6) is 0 Å². The Morgan fingerprint density at radius 3 is 2.25 bits per heavy atom. The lowest BCUT2D eigenvalue weighted by atomic mass is 10.1. The van der Waals surface area contributed by atoms with Crippen molar-refractivity contribution in [3.63, 3.8) is 0 Å². The van der Waals surface area contributed by atoms with Crippen LogP contribution in [0.2, 0.25) is 5.02 Å². The summed E-state index contributed by atoms with van der Waals surface area (Å²) in [4.78, 5) is 26.1. The zero-order valence-corrected chi connectivity index (χ0v) is 23.1. The fourth-order valence-electron chi connectivity index (χ4n) is 4.42. The van der Waals surface area contributed by atoms with Crippen LogP contribution in [0, 0.1) is 0 Å². The molecule has 1 aliphatic rings. The van der Waals surface area contributed by atoms with E-state index >= 15 is 0 Å². The lowest BCUT2D eigenvalue weighted by molar-refractivity contribution is 0.0696. The summed E-state index contributed by atoms with van der Waals surface area (Å²) >= 11 is 5.94. The number of hydrogen-bond donors (Lipinski definition) is 4. The van der Waals surface area contributed by atoms with Gasteiger partial charge in [-0.3, -0.25) is 16.3 Å². The summed E-state index contributed by atoms with van der Waals surface area (Å²) in [5, 5.41) is 13.7. The van der Waals surface area contributed by atoms with Crippen molar-refractivity contribution in [3.8, 4) is 0 Å². The topological polar surface area (TPSA) is 159 Å². The van der Waals surface area contributed by atoms with Gasteiger partial charge in [-0.15, -0.1) is 0 Å². The summed E-state index contributed by atoms with van der Waals surface area (Å²) in [6, 6.07) is 19.1. The number of sulfonamides is 1. The maximum Gasteiger partial charge on any atom is 0.335 e. The van der Waals surface area contributed by atoms with Gasteiger partial charge in [0, 0.05) is 47.4 Å². The van der Waals surface area contributed by atoms with Gasteiger partial charge in [-0.2, -0.15) is 4.31 Å². The van der Waals surface area contributed by atoms with Crippen molar-refractivity contribution in [2.45, 2.75) is 25.3 Å². The minimum atomic E-state index is -3.94. The molecule has 1 saturated heterocycles. The molecule has 0 radical (unpaired) electrons. The second-order valence-corrected chi connectivity index (χ2v) is 11.6. The van der Waals surface area contributed by atoms with Gasteiger partial charge in [0.25, 0.3) is 5.91 Å². The van der Waals surface area contributed by atoms with E-state index in [1.165, 1.54) is 22.5 Å². The van der Waals surface area contributed by atoms with Crippen LogP contribution in [-0.2, 0) is 16.6 Å². The molecule has 1 amide bonds. The van der Waals surface area contributed by atoms with E-state index in [9.17, 15) is 23.1 Å². The van der Waals surface area contributed by atoms with Gasteiger partial charge < -0.3 is 15.3 Å². The molecule has 0 spiro atoms. The first-order valence-electron chi connectivity index (χ1n) is 12.5. The number of nitrogens with two attached hydrogens (primary N) is 2. The van der Waals surface area contributed by atoms with Gasteiger partial charge >= 0.3 is 5.97 Å². The number of carbonyl (C=O) groups is 2. The number of aromatic carboxylic acids is 1. The average molecular weight is 584 g/mol. The Bertz CT molecular complexity index is 1480. The number of benzene rings is 3. The minimum absolute atomic E-state index is 0.0135. The first-order valence-corrected chi connectivity index (χ1v) is 14.3. The quantitative estimate of drug-likeness (QED) is 0.264. The summed E-state index contributed by atoms with van der Waals surface area (Å²) < 4.78 is 28.6. The number of amides is 1. The van der Waals surface area contributed by atoms with Crippen molar-refractivity contribution in [1.29, 1.82) is 0 Å². The van der Waals surface area contributed by atoms with E-state index in [0.29, 0.717) is 40.4 Å². The van der Waals surface area contributed by atoms with Crippen molar-refractivity contribution in [2.75, 3.05) is 18.4 Å². The SMILES string of the molecule is NC(N)Nc1ccc(C(=O)N2CCC(N(Cc3ccc(C(=O)O)cc3)S(=O)(=O)/C=C/c3ccc(Cl)cc3)C2)cc1. The maximum atomic E-state index is 13.6. The molecule has 10 nitrogen and oxygen atoms in total. The number of anilines is 1. The van der Waals surface area contributed by atoms with Gasteiger partial charge in [-0.1, -0.05) is 35.9 Å². The molecule has 0 aliphatic carbocycles. The molecular weight excluding hydrogens is 554 g/mol. The van der Waals surface area contributed by atoms with Crippen molar-refractivity contribution in [1.82, 2.24) is 9.21 Å². The number of hydrogen-bond acceptors (Lipinski definition) is 7. The Balaban J connectivity index is 1.55. The van der Waals surface area contributed by atoms with E-state index in [2.05, 4.69) is 5.32 Å². The van der Waals surface area contributed by atoms with Crippen LogP contribution < -0.4 is 16.8 Å². The number of carboxylic acids is 1. The number of likely N-dealkylation sites (tertiary alicyclic amines) is 1. The largest absolute Gasteiger partial charge is 0.478 e. The Morgan fingerprint density at radius 1 is 1.02 bits per heavy atom. The zero-order valence-electron chi connectivity index (χ0n) is 21.5. The van der Waals surface area contributed by atoms with Gasteiger partial charge in [0.15, 0.2) is 0 Å². The van der Waals surface area contributed by atoms with Crippen LogP contribution in [0.25, 0.3) is 6.08 Å². The highest BCUT2D eigenvalue weighted by molar-refractivity contribution is 7.92. The smallest absolute Gasteiger partial charge is 0.335 e. The summed E-state index contributed by atoms with van der Waals surface area (Å²) in [5.74, 6) is -1.28. The molecule has 6 N–H and O–H groups in total. The van der Waals surface area contributed by atoms with Crippen molar-refractivity contribution < 1.29 is 23.1 Å². The van der Waals surface area contributed by atoms with Crippen molar-refractivity contribution in [2.24, 2.45) is 11.5 Å². The van der Waals surface area contributed by atoms with Gasteiger partial charge in [-0.05, 0) is 72.2 Å². The molecule has 4 rings (SSSR count). The summed E-state index contributed by atoms with van der Waals surface area (Å²) in [6.45, 7) is 0.593.